The molecule has 0 radical (unpaired) electrons. The van der Waals surface area contributed by atoms with E-state index in [1.54, 1.807) is 0 Å². The van der Waals surface area contributed by atoms with Crippen molar-refractivity contribution in [3.8, 4) is 0 Å². The second-order valence-corrected chi connectivity index (χ2v) is 9.75. The van der Waals surface area contributed by atoms with Crippen molar-refractivity contribution in [1.29, 1.82) is 0 Å². The summed E-state index contributed by atoms with van der Waals surface area (Å²) < 4.78 is 56.4. The number of ketones is 1. The molecule has 2 aromatic heterocycles. The number of nitrogens with one attached hydrogen (secondary N) is 2. The maximum Gasteiger partial charge on any atom is 0.232 e. The average Bonchev–Trinajstić information content (AvgIpc) is 3.12. The van der Waals surface area contributed by atoms with Gasteiger partial charge in [-0.25, -0.2) is 22.2 Å². The van der Waals surface area contributed by atoms with E-state index >= 15 is 4.39 Å². The molecular weight excluding hydrogens is 448 g/mol. The van der Waals surface area contributed by atoms with Crippen molar-refractivity contribution in [2.45, 2.75) is 33.1 Å². The molecule has 0 spiro atoms. The van der Waals surface area contributed by atoms with E-state index in [-0.39, 0.29) is 22.3 Å². The van der Waals surface area contributed by atoms with Crippen molar-refractivity contribution in [3.05, 3.63) is 58.4 Å². The maximum atomic E-state index is 15.1. The van der Waals surface area contributed by atoms with E-state index in [0.29, 0.717) is 17.5 Å². The first-order chi connectivity index (χ1) is 14.6. The predicted molar refractivity (Wildman–Crippen MR) is 117 cm³/mol. The summed E-state index contributed by atoms with van der Waals surface area (Å²) in [5.41, 5.74) is -1.05. The maximum absolute atomic E-state index is 15.1. The second-order valence-electron chi connectivity index (χ2n) is 7.47. The fourth-order valence-corrected chi connectivity index (χ4v) is 4.82. The van der Waals surface area contributed by atoms with Gasteiger partial charge in [-0.1, -0.05) is 38.3 Å². The molecule has 2 heterocycles. The van der Waals surface area contributed by atoms with E-state index < -0.39 is 38.7 Å². The molecule has 1 aromatic carbocycles. The largest absolute Gasteiger partial charge is 0.345 e. The molecule has 10 heteroatoms. The zero-order valence-corrected chi connectivity index (χ0v) is 18.6. The topological polar surface area (TPSA) is 91.9 Å². The van der Waals surface area contributed by atoms with Crippen LogP contribution < -0.4 is 4.72 Å². The minimum Gasteiger partial charge on any atom is -0.345 e. The number of H-pyrrole nitrogens is 1. The van der Waals surface area contributed by atoms with Crippen molar-refractivity contribution in [1.82, 2.24) is 9.97 Å². The Balaban J connectivity index is 1.92. The highest BCUT2D eigenvalue weighted by Crippen LogP contribution is 2.28. The fraction of sp³-hybridized carbons (Fsp3) is 0.333. The van der Waals surface area contributed by atoms with Gasteiger partial charge in [0.05, 0.1) is 22.0 Å². The van der Waals surface area contributed by atoms with Crippen molar-refractivity contribution in [3.63, 3.8) is 0 Å². The molecule has 0 aliphatic rings. The van der Waals surface area contributed by atoms with Crippen LogP contribution in [-0.4, -0.2) is 29.9 Å². The Morgan fingerprint density at radius 3 is 2.74 bits per heavy atom. The van der Waals surface area contributed by atoms with Crippen LogP contribution in [0.25, 0.3) is 11.0 Å². The molecule has 0 aliphatic carbocycles. The summed E-state index contributed by atoms with van der Waals surface area (Å²) in [5.74, 6) is -3.35. The zero-order valence-electron chi connectivity index (χ0n) is 17.0. The molecule has 2 N–H and O–H groups in total. The van der Waals surface area contributed by atoms with Crippen molar-refractivity contribution in [2.24, 2.45) is 5.92 Å². The highest BCUT2D eigenvalue weighted by atomic mass is 35.5. The molecular formula is C21H22ClF2N3O3S. The number of halogens is 3. The molecule has 0 amide bonds. The number of aromatic amines is 1. The van der Waals surface area contributed by atoms with Crippen LogP contribution in [0.5, 0.6) is 0 Å². The van der Waals surface area contributed by atoms with Gasteiger partial charge in [0, 0.05) is 23.3 Å². The van der Waals surface area contributed by atoms with E-state index in [4.69, 9.17) is 11.6 Å². The van der Waals surface area contributed by atoms with Crippen LogP contribution in [0.3, 0.4) is 0 Å². The summed E-state index contributed by atoms with van der Waals surface area (Å²) in [6.07, 6.45) is 4.86. The summed E-state index contributed by atoms with van der Waals surface area (Å²) in [6, 6.07) is 3.27. The quantitative estimate of drug-likeness (QED) is 0.416. The number of aromatic nitrogens is 2. The third-order valence-electron chi connectivity index (χ3n) is 4.99. The van der Waals surface area contributed by atoms with Gasteiger partial charge in [0.15, 0.2) is 5.82 Å². The number of carbonyl (C=O) groups is 1. The van der Waals surface area contributed by atoms with Gasteiger partial charge in [-0.3, -0.25) is 9.52 Å². The lowest BCUT2D eigenvalue weighted by atomic mass is 10.0. The molecule has 3 rings (SSSR count). The van der Waals surface area contributed by atoms with Gasteiger partial charge >= 0.3 is 0 Å². The minimum absolute atomic E-state index is 0.0313. The molecule has 0 saturated heterocycles. The third-order valence-corrected chi connectivity index (χ3v) is 6.50. The number of nitrogens with zero attached hydrogens (tertiary/aromatic N) is 1. The van der Waals surface area contributed by atoms with Crippen molar-refractivity contribution < 1.29 is 22.0 Å². The molecule has 0 bridgehead atoms. The number of rotatable bonds is 9. The lowest BCUT2D eigenvalue weighted by Gasteiger charge is -2.14. The molecule has 6 nitrogen and oxygen atoms in total. The summed E-state index contributed by atoms with van der Waals surface area (Å²) in [6.45, 7) is 3.95. The minimum atomic E-state index is -3.88. The summed E-state index contributed by atoms with van der Waals surface area (Å²) in [4.78, 5) is 19.7. The van der Waals surface area contributed by atoms with Gasteiger partial charge in [-0.2, -0.15) is 0 Å². The fourth-order valence-electron chi connectivity index (χ4n) is 3.35. The average molecular weight is 470 g/mol. The first-order valence-electron chi connectivity index (χ1n) is 9.78. The molecule has 0 aliphatic heterocycles. The molecule has 0 saturated carbocycles. The number of pyridine rings is 1. The Hall–Kier alpha value is -2.52. The lowest BCUT2D eigenvalue weighted by Crippen LogP contribution is -2.20. The van der Waals surface area contributed by atoms with Crippen LogP contribution in [-0.2, 0) is 10.0 Å². The van der Waals surface area contributed by atoms with Gasteiger partial charge < -0.3 is 4.98 Å². The first-order valence-corrected chi connectivity index (χ1v) is 11.8. The van der Waals surface area contributed by atoms with Crippen LogP contribution in [0.2, 0.25) is 5.02 Å². The summed E-state index contributed by atoms with van der Waals surface area (Å²) in [7, 11) is -3.88. The molecule has 3 aromatic rings. The Kier molecular flexibility index (Phi) is 6.96. The smallest absolute Gasteiger partial charge is 0.232 e. The zero-order chi connectivity index (χ0) is 22.8. The number of fused-ring (bicyclic) bond motifs is 1. The number of sulfonamides is 1. The monoisotopic (exact) mass is 469 g/mol. The SMILES string of the molecule is CCCC(C)CCS(=O)(=O)Nc1ccc(F)c(C(=O)c2c[nH]c3ncc(Cl)cc23)c1F. The highest BCUT2D eigenvalue weighted by molar-refractivity contribution is 7.92. The third kappa shape index (κ3) is 5.22. The summed E-state index contributed by atoms with van der Waals surface area (Å²) >= 11 is 5.92. The molecule has 1 unspecified atom stereocenters. The van der Waals surface area contributed by atoms with Crippen LogP contribution in [0.15, 0.2) is 30.6 Å². The van der Waals surface area contributed by atoms with Gasteiger partial charge in [0.1, 0.15) is 11.5 Å². The van der Waals surface area contributed by atoms with Gasteiger partial charge in [-0.15, -0.1) is 0 Å². The van der Waals surface area contributed by atoms with Gasteiger partial charge in [-0.05, 0) is 30.5 Å². The van der Waals surface area contributed by atoms with Gasteiger partial charge in [0.2, 0.25) is 15.8 Å². The second kappa shape index (κ2) is 9.32. The van der Waals surface area contributed by atoms with E-state index in [1.807, 2.05) is 13.8 Å². The Morgan fingerprint density at radius 1 is 1.29 bits per heavy atom. The summed E-state index contributed by atoms with van der Waals surface area (Å²) in [5, 5.41) is 0.549. The van der Waals surface area contributed by atoms with Crippen LogP contribution in [0.4, 0.5) is 14.5 Å². The number of carbonyl (C=O) groups excluding carboxylic acids is 1. The number of benzene rings is 1. The Bertz CT molecular complexity index is 1230. The van der Waals surface area contributed by atoms with Crippen LogP contribution in [0.1, 0.15) is 49.0 Å². The molecule has 0 fully saturated rings. The van der Waals surface area contributed by atoms with Crippen molar-refractivity contribution >= 4 is 44.1 Å². The van der Waals surface area contributed by atoms with Gasteiger partial charge in [0.25, 0.3) is 0 Å². The number of hydrogen-bond acceptors (Lipinski definition) is 4. The van der Waals surface area contributed by atoms with E-state index in [2.05, 4.69) is 14.7 Å². The normalized spacial score (nSPS) is 12.8. The van der Waals surface area contributed by atoms with E-state index in [1.165, 1.54) is 18.5 Å². The highest BCUT2D eigenvalue weighted by Gasteiger charge is 2.26. The number of hydrogen-bond donors (Lipinski definition) is 2. The molecule has 1 atom stereocenters. The Morgan fingerprint density at radius 2 is 2.03 bits per heavy atom. The van der Waals surface area contributed by atoms with Crippen LogP contribution >= 0.6 is 11.6 Å². The van der Waals surface area contributed by atoms with E-state index in [0.717, 1.165) is 25.0 Å². The van der Waals surface area contributed by atoms with Crippen molar-refractivity contribution in [2.75, 3.05) is 10.5 Å². The Labute approximate surface area is 184 Å². The van der Waals surface area contributed by atoms with Crippen LogP contribution in [0, 0.1) is 17.6 Å². The number of anilines is 1. The predicted octanol–water partition coefficient (Wildman–Crippen LogP) is 5.29. The molecule has 31 heavy (non-hydrogen) atoms. The molecule has 166 valence electrons. The first kappa shape index (κ1) is 23.1. The lowest BCUT2D eigenvalue weighted by molar-refractivity contribution is 0.103. The van der Waals surface area contributed by atoms with E-state index in [9.17, 15) is 17.6 Å². The standard InChI is InChI=1S/C21H22ClF2N3O3S/c1-3-4-12(2)7-8-31(29,30)27-17-6-5-16(23)18(19(17)24)20(28)15-11-26-21-14(15)9-13(22)10-25-21/h5-6,9-12,27H,3-4,7-8H2,1-2H3,(H,25,26).